The van der Waals surface area contributed by atoms with Gasteiger partial charge in [-0.2, -0.15) is 9.40 Å². The minimum Gasteiger partial charge on any atom is -0.379 e. The topological polar surface area (TPSA) is 106 Å². The van der Waals surface area contributed by atoms with Crippen molar-refractivity contribution in [1.29, 1.82) is 0 Å². The second-order valence-electron chi connectivity index (χ2n) is 5.95. The molecule has 10 heteroatoms. The molecule has 140 valence electrons. The average molecular weight is 387 g/mol. The molecule has 27 heavy (non-hydrogen) atoms. The quantitative estimate of drug-likeness (QED) is 0.716. The number of anilines is 1. The molecule has 3 aromatic rings. The van der Waals surface area contributed by atoms with Crippen molar-refractivity contribution >= 4 is 27.3 Å². The minimum atomic E-state index is -3.56. The smallest absolute Gasteiger partial charge is 0.276 e. The molecule has 3 heterocycles. The zero-order valence-corrected chi connectivity index (χ0v) is 15.1. The molecule has 1 fully saturated rings. The predicted molar refractivity (Wildman–Crippen MR) is 97.0 cm³/mol. The van der Waals surface area contributed by atoms with Crippen molar-refractivity contribution in [2.45, 2.75) is 4.90 Å². The van der Waals surface area contributed by atoms with Crippen LogP contribution in [-0.4, -0.2) is 59.5 Å². The van der Waals surface area contributed by atoms with Crippen molar-refractivity contribution < 1.29 is 17.9 Å². The van der Waals surface area contributed by atoms with E-state index in [4.69, 9.17) is 4.74 Å². The average Bonchev–Trinajstić information content (AvgIpc) is 3.13. The van der Waals surface area contributed by atoms with Gasteiger partial charge in [-0.25, -0.2) is 17.9 Å². The lowest BCUT2D eigenvalue weighted by Gasteiger charge is -2.26. The maximum Gasteiger partial charge on any atom is 0.276 e. The summed E-state index contributed by atoms with van der Waals surface area (Å²) in [5.74, 6) is -0.399. The van der Waals surface area contributed by atoms with Crippen LogP contribution in [0.15, 0.2) is 53.7 Å². The van der Waals surface area contributed by atoms with Crippen LogP contribution in [-0.2, 0) is 14.8 Å². The molecule has 1 saturated heterocycles. The Hall–Kier alpha value is -2.82. The Labute approximate surface area is 155 Å². The highest BCUT2D eigenvalue weighted by molar-refractivity contribution is 7.89. The van der Waals surface area contributed by atoms with Crippen molar-refractivity contribution in [2.24, 2.45) is 0 Å². The molecule has 9 nitrogen and oxygen atoms in total. The largest absolute Gasteiger partial charge is 0.379 e. The third-order valence-electron chi connectivity index (χ3n) is 4.19. The maximum atomic E-state index is 12.6. The third kappa shape index (κ3) is 3.54. The van der Waals surface area contributed by atoms with Gasteiger partial charge in [0.2, 0.25) is 10.0 Å². The summed E-state index contributed by atoms with van der Waals surface area (Å²) < 4.78 is 33.3. The molecule has 1 amide bonds. The van der Waals surface area contributed by atoms with Crippen LogP contribution in [0.1, 0.15) is 10.5 Å². The van der Waals surface area contributed by atoms with E-state index in [1.54, 1.807) is 36.7 Å². The summed E-state index contributed by atoms with van der Waals surface area (Å²) >= 11 is 0. The van der Waals surface area contributed by atoms with Crippen molar-refractivity contribution in [3.05, 3.63) is 54.5 Å². The number of ether oxygens (including phenoxy) is 1. The summed E-state index contributed by atoms with van der Waals surface area (Å²) in [6.45, 7) is 1.45. The zero-order chi connectivity index (χ0) is 18.9. The second-order valence-corrected chi connectivity index (χ2v) is 7.88. The molecule has 0 radical (unpaired) electrons. The lowest BCUT2D eigenvalue weighted by molar-refractivity contribution is 0.0730. The number of fused-ring (bicyclic) bond motifs is 1. The molecule has 0 bridgehead atoms. The Bertz CT molecular complexity index is 1040. The van der Waals surface area contributed by atoms with E-state index in [-0.39, 0.29) is 10.6 Å². The lowest BCUT2D eigenvalue weighted by Crippen LogP contribution is -2.40. The molecule has 0 aliphatic carbocycles. The fourth-order valence-corrected chi connectivity index (χ4v) is 4.19. The van der Waals surface area contributed by atoms with Crippen molar-refractivity contribution in [3.63, 3.8) is 0 Å². The summed E-state index contributed by atoms with van der Waals surface area (Å²) in [6, 6.07) is 9.36. The van der Waals surface area contributed by atoms with E-state index in [9.17, 15) is 13.2 Å². The molecule has 4 rings (SSSR count). The van der Waals surface area contributed by atoms with E-state index in [0.717, 1.165) is 0 Å². The van der Waals surface area contributed by atoms with Gasteiger partial charge in [0.25, 0.3) is 5.91 Å². The molecule has 2 aromatic heterocycles. The zero-order valence-electron chi connectivity index (χ0n) is 14.3. The highest BCUT2D eigenvalue weighted by atomic mass is 32.2. The van der Waals surface area contributed by atoms with Crippen LogP contribution < -0.4 is 5.32 Å². The molecule has 0 spiro atoms. The van der Waals surface area contributed by atoms with Gasteiger partial charge in [-0.3, -0.25) is 4.79 Å². The molecule has 0 atom stereocenters. The van der Waals surface area contributed by atoms with E-state index in [2.05, 4.69) is 15.4 Å². The summed E-state index contributed by atoms with van der Waals surface area (Å²) in [6.07, 6.45) is 3.32. The molecule has 1 aliphatic heterocycles. The number of carbonyl (C=O) groups excluding carboxylic acids is 1. The second kappa shape index (κ2) is 7.06. The van der Waals surface area contributed by atoms with Gasteiger partial charge < -0.3 is 10.1 Å². The first kappa shape index (κ1) is 17.6. The fraction of sp³-hybridized carbons (Fsp3) is 0.235. The molecule has 0 unspecified atom stereocenters. The van der Waals surface area contributed by atoms with Crippen molar-refractivity contribution in [1.82, 2.24) is 18.9 Å². The van der Waals surface area contributed by atoms with E-state index >= 15 is 0 Å². The van der Waals surface area contributed by atoms with Gasteiger partial charge in [0, 0.05) is 37.2 Å². The minimum absolute atomic E-state index is 0.180. The maximum absolute atomic E-state index is 12.6. The standard InChI is InChI=1S/C17H17N5O4S/c23-17(15-12-16-18-6-1-7-22(16)20-15)19-13-2-4-14(5-3-13)27(24,25)21-8-10-26-11-9-21/h1-7,12H,8-11H2,(H,19,23). The van der Waals surface area contributed by atoms with Crippen molar-refractivity contribution in [2.75, 3.05) is 31.6 Å². The van der Waals surface area contributed by atoms with E-state index in [1.165, 1.54) is 21.0 Å². The van der Waals surface area contributed by atoms with Crippen LogP contribution in [0.4, 0.5) is 5.69 Å². The number of rotatable bonds is 4. The number of nitrogens with zero attached hydrogens (tertiary/aromatic N) is 4. The van der Waals surface area contributed by atoms with E-state index < -0.39 is 15.9 Å². The van der Waals surface area contributed by atoms with Gasteiger partial charge in [0.15, 0.2) is 11.3 Å². The molecule has 0 saturated carbocycles. The molecule has 1 aliphatic rings. The Morgan fingerprint density at radius 2 is 1.89 bits per heavy atom. The van der Waals surface area contributed by atoms with Crippen molar-refractivity contribution in [3.8, 4) is 0 Å². The molecular formula is C17H17N5O4S. The summed E-state index contributed by atoms with van der Waals surface area (Å²) in [4.78, 5) is 16.7. The normalized spacial score (nSPS) is 15.7. The van der Waals surface area contributed by atoms with Gasteiger partial charge in [0.05, 0.1) is 18.1 Å². The van der Waals surface area contributed by atoms with E-state index in [0.29, 0.717) is 37.6 Å². The SMILES string of the molecule is O=C(Nc1ccc(S(=O)(=O)N2CCOCC2)cc1)c1cc2ncccn2n1. The van der Waals surface area contributed by atoms with Crippen LogP contribution in [0.3, 0.4) is 0 Å². The molecular weight excluding hydrogens is 370 g/mol. The fourth-order valence-electron chi connectivity index (χ4n) is 2.78. The number of aromatic nitrogens is 3. The van der Waals surface area contributed by atoms with Gasteiger partial charge in [-0.1, -0.05) is 0 Å². The van der Waals surface area contributed by atoms with Gasteiger partial charge >= 0.3 is 0 Å². The molecule has 1 N–H and O–H groups in total. The number of hydrogen-bond acceptors (Lipinski definition) is 6. The van der Waals surface area contributed by atoms with E-state index in [1.807, 2.05) is 0 Å². The first-order valence-corrected chi connectivity index (χ1v) is 9.78. The number of nitrogens with one attached hydrogen (secondary N) is 1. The third-order valence-corrected chi connectivity index (χ3v) is 6.10. The van der Waals surface area contributed by atoms with Crippen LogP contribution in [0.2, 0.25) is 0 Å². The number of benzene rings is 1. The number of hydrogen-bond donors (Lipinski definition) is 1. The first-order chi connectivity index (χ1) is 13.0. The van der Waals surface area contributed by atoms with Crippen LogP contribution in [0.5, 0.6) is 0 Å². The van der Waals surface area contributed by atoms with Crippen LogP contribution in [0, 0.1) is 0 Å². The van der Waals surface area contributed by atoms with Crippen LogP contribution >= 0.6 is 0 Å². The number of amides is 1. The Morgan fingerprint density at radius 1 is 1.15 bits per heavy atom. The summed E-state index contributed by atoms with van der Waals surface area (Å²) in [5.41, 5.74) is 1.26. The Morgan fingerprint density at radius 3 is 2.59 bits per heavy atom. The Kier molecular flexibility index (Phi) is 4.60. The monoisotopic (exact) mass is 387 g/mol. The highest BCUT2D eigenvalue weighted by Gasteiger charge is 2.26. The highest BCUT2D eigenvalue weighted by Crippen LogP contribution is 2.20. The van der Waals surface area contributed by atoms with Gasteiger partial charge in [0.1, 0.15) is 0 Å². The summed E-state index contributed by atoms with van der Waals surface area (Å²) in [5, 5.41) is 6.86. The first-order valence-electron chi connectivity index (χ1n) is 8.34. The van der Waals surface area contributed by atoms with Gasteiger partial charge in [-0.05, 0) is 30.3 Å². The number of sulfonamides is 1. The number of morpholine rings is 1. The predicted octanol–water partition coefficient (Wildman–Crippen LogP) is 1.00. The van der Waals surface area contributed by atoms with Gasteiger partial charge in [-0.15, -0.1) is 0 Å². The number of carbonyl (C=O) groups is 1. The molecule has 1 aromatic carbocycles. The summed E-state index contributed by atoms with van der Waals surface area (Å²) in [7, 11) is -3.56. The lowest BCUT2D eigenvalue weighted by atomic mass is 10.3. The van der Waals surface area contributed by atoms with Crippen LogP contribution in [0.25, 0.3) is 5.65 Å². The Balaban J connectivity index is 1.49.